The standard InChI is InChI=1S/C18H30N4O2/c1-15(2)16(12-19)21-6-8-22(9-7-21)17(23)13-20-10-11-24-18(14-20)4-3-5-18/h15-16H,3-11,13-14H2,1-2H3. The van der Waals surface area contributed by atoms with E-state index in [1.807, 2.05) is 4.90 Å². The predicted molar refractivity (Wildman–Crippen MR) is 91.4 cm³/mol. The topological polar surface area (TPSA) is 59.8 Å². The smallest absolute Gasteiger partial charge is 0.236 e. The summed E-state index contributed by atoms with van der Waals surface area (Å²) in [5.74, 6) is 0.549. The summed E-state index contributed by atoms with van der Waals surface area (Å²) in [5.41, 5.74) is 0.0501. The monoisotopic (exact) mass is 334 g/mol. The van der Waals surface area contributed by atoms with Crippen LogP contribution in [-0.2, 0) is 9.53 Å². The Bertz CT molecular complexity index is 490. The van der Waals surface area contributed by atoms with E-state index in [1.54, 1.807) is 0 Å². The van der Waals surface area contributed by atoms with Crippen LogP contribution in [0.4, 0.5) is 0 Å². The molecule has 2 heterocycles. The second kappa shape index (κ2) is 7.38. The van der Waals surface area contributed by atoms with E-state index in [0.717, 1.165) is 58.7 Å². The highest BCUT2D eigenvalue weighted by molar-refractivity contribution is 5.78. The van der Waals surface area contributed by atoms with Crippen LogP contribution in [-0.4, -0.2) is 84.7 Å². The van der Waals surface area contributed by atoms with Crippen molar-refractivity contribution in [3.63, 3.8) is 0 Å². The van der Waals surface area contributed by atoms with Crippen molar-refractivity contribution in [3.8, 4) is 6.07 Å². The molecule has 2 saturated heterocycles. The number of nitriles is 1. The molecule has 1 aliphatic carbocycles. The van der Waals surface area contributed by atoms with Crippen molar-refractivity contribution >= 4 is 5.91 Å². The number of amides is 1. The van der Waals surface area contributed by atoms with E-state index < -0.39 is 0 Å². The number of hydrogen-bond acceptors (Lipinski definition) is 5. The highest BCUT2D eigenvalue weighted by atomic mass is 16.5. The third-order valence-electron chi connectivity index (χ3n) is 5.78. The maximum atomic E-state index is 12.6. The lowest BCUT2D eigenvalue weighted by molar-refractivity contribution is -0.158. The summed E-state index contributed by atoms with van der Waals surface area (Å²) in [6, 6.07) is 2.36. The van der Waals surface area contributed by atoms with Gasteiger partial charge in [0.2, 0.25) is 5.91 Å². The van der Waals surface area contributed by atoms with Gasteiger partial charge >= 0.3 is 0 Å². The van der Waals surface area contributed by atoms with Gasteiger partial charge in [-0.2, -0.15) is 5.26 Å². The van der Waals surface area contributed by atoms with Crippen LogP contribution in [0.2, 0.25) is 0 Å². The molecular formula is C18H30N4O2. The first kappa shape index (κ1) is 17.7. The van der Waals surface area contributed by atoms with Crippen LogP contribution < -0.4 is 0 Å². The maximum Gasteiger partial charge on any atom is 0.236 e. The number of hydrogen-bond donors (Lipinski definition) is 0. The lowest BCUT2D eigenvalue weighted by Gasteiger charge is -2.48. The Balaban J connectivity index is 1.46. The van der Waals surface area contributed by atoms with Gasteiger partial charge in [0, 0.05) is 39.3 Å². The third kappa shape index (κ3) is 3.74. The Labute approximate surface area is 145 Å². The van der Waals surface area contributed by atoms with Crippen molar-refractivity contribution in [2.75, 3.05) is 52.4 Å². The first-order valence-electron chi connectivity index (χ1n) is 9.31. The fourth-order valence-electron chi connectivity index (χ4n) is 4.13. The molecule has 24 heavy (non-hydrogen) atoms. The molecule has 2 aliphatic heterocycles. The summed E-state index contributed by atoms with van der Waals surface area (Å²) >= 11 is 0. The SMILES string of the molecule is CC(C)C(C#N)N1CCN(C(=O)CN2CCOC3(CCC3)C2)CC1. The van der Waals surface area contributed by atoms with Crippen LogP contribution in [0, 0.1) is 17.2 Å². The average Bonchev–Trinajstić information content (AvgIpc) is 2.54. The number of morpholine rings is 1. The van der Waals surface area contributed by atoms with Gasteiger partial charge in [-0.05, 0) is 25.2 Å². The molecule has 1 amide bonds. The van der Waals surface area contributed by atoms with Crippen LogP contribution in [0.15, 0.2) is 0 Å². The van der Waals surface area contributed by atoms with Gasteiger partial charge in [-0.25, -0.2) is 0 Å². The minimum absolute atomic E-state index is 0.0417. The summed E-state index contributed by atoms with van der Waals surface area (Å²) < 4.78 is 5.93. The van der Waals surface area contributed by atoms with Crippen molar-refractivity contribution in [2.24, 2.45) is 5.92 Å². The van der Waals surface area contributed by atoms with Gasteiger partial charge in [0.05, 0.1) is 24.8 Å². The first-order valence-corrected chi connectivity index (χ1v) is 9.31. The van der Waals surface area contributed by atoms with Crippen molar-refractivity contribution in [3.05, 3.63) is 0 Å². The second-order valence-electron chi connectivity index (χ2n) is 7.83. The van der Waals surface area contributed by atoms with E-state index >= 15 is 0 Å². The van der Waals surface area contributed by atoms with Crippen molar-refractivity contribution in [1.82, 2.24) is 14.7 Å². The van der Waals surface area contributed by atoms with Gasteiger partial charge in [0.25, 0.3) is 0 Å². The fraction of sp³-hybridized carbons (Fsp3) is 0.889. The normalized spacial score (nSPS) is 26.2. The molecule has 3 rings (SSSR count). The Morgan fingerprint density at radius 2 is 1.92 bits per heavy atom. The van der Waals surface area contributed by atoms with Crippen LogP contribution in [0.25, 0.3) is 0 Å². The van der Waals surface area contributed by atoms with Crippen molar-refractivity contribution in [1.29, 1.82) is 5.26 Å². The lowest BCUT2D eigenvalue weighted by atomic mass is 9.79. The van der Waals surface area contributed by atoms with Crippen molar-refractivity contribution in [2.45, 2.75) is 44.8 Å². The highest BCUT2D eigenvalue weighted by Gasteiger charge is 2.42. The molecule has 0 aromatic rings. The van der Waals surface area contributed by atoms with E-state index in [1.165, 1.54) is 6.42 Å². The third-order valence-corrected chi connectivity index (χ3v) is 5.78. The van der Waals surface area contributed by atoms with Gasteiger partial charge < -0.3 is 9.64 Å². The molecule has 6 heteroatoms. The van der Waals surface area contributed by atoms with Crippen LogP contribution in [0.1, 0.15) is 33.1 Å². The van der Waals surface area contributed by atoms with Crippen molar-refractivity contribution < 1.29 is 9.53 Å². The highest BCUT2D eigenvalue weighted by Crippen LogP contribution is 2.38. The van der Waals surface area contributed by atoms with Crippen LogP contribution in [0.5, 0.6) is 0 Å². The van der Waals surface area contributed by atoms with E-state index in [9.17, 15) is 10.1 Å². The molecule has 3 fully saturated rings. The lowest BCUT2D eigenvalue weighted by Crippen LogP contribution is -2.58. The summed E-state index contributed by atoms with van der Waals surface area (Å²) in [5, 5.41) is 9.33. The first-order chi connectivity index (χ1) is 11.5. The van der Waals surface area contributed by atoms with Gasteiger partial charge in [-0.15, -0.1) is 0 Å². The molecule has 6 nitrogen and oxygen atoms in total. The summed E-state index contributed by atoms with van der Waals surface area (Å²) in [4.78, 5) is 19.1. The van der Waals surface area contributed by atoms with Gasteiger partial charge in [-0.3, -0.25) is 14.6 Å². The van der Waals surface area contributed by atoms with Gasteiger partial charge in [0.1, 0.15) is 6.04 Å². The van der Waals surface area contributed by atoms with E-state index in [2.05, 4.69) is 29.7 Å². The number of rotatable bonds is 4. The number of nitrogens with zero attached hydrogens (tertiary/aromatic N) is 4. The molecule has 0 aromatic carbocycles. The Hall–Kier alpha value is -1.16. The molecule has 3 aliphatic rings. The fourth-order valence-corrected chi connectivity index (χ4v) is 4.13. The van der Waals surface area contributed by atoms with Crippen LogP contribution >= 0.6 is 0 Å². The zero-order valence-corrected chi connectivity index (χ0v) is 15.0. The summed E-state index contributed by atoms with van der Waals surface area (Å²) in [6.07, 6.45) is 3.53. The number of carbonyl (C=O) groups is 1. The van der Waals surface area contributed by atoms with E-state index in [0.29, 0.717) is 12.5 Å². The largest absolute Gasteiger partial charge is 0.372 e. The predicted octanol–water partition coefficient (Wildman–Crippen LogP) is 0.934. The molecule has 0 N–H and O–H groups in total. The zero-order valence-electron chi connectivity index (χ0n) is 15.0. The van der Waals surface area contributed by atoms with E-state index in [4.69, 9.17) is 4.74 Å². The molecular weight excluding hydrogens is 304 g/mol. The Kier molecular flexibility index (Phi) is 5.43. The quantitative estimate of drug-likeness (QED) is 0.766. The van der Waals surface area contributed by atoms with Gasteiger partial charge in [0.15, 0.2) is 0 Å². The van der Waals surface area contributed by atoms with Gasteiger partial charge in [-0.1, -0.05) is 13.8 Å². The van der Waals surface area contributed by atoms with E-state index in [-0.39, 0.29) is 17.6 Å². The molecule has 0 bridgehead atoms. The second-order valence-corrected chi connectivity index (χ2v) is 7.83. The maximum absolute atomic E-state index is 12.6. The minimum atomic E-state index is -0.0417. The molecule has 0 aromatic heterocycles. The minimum Gasteiger partial charge on any atom is -0.372 e. The zero-order chi connectivity index (χ0) is 17.2. The Morgan fingerprint density at radius 3 is 2.46 bits per heavy atom. The molecule has 134 valence electrons. The molecule has 1 atom stereocenters. The molecule has 0 radical (unpaired) electrons. The number of piperazine rings is 1. The number of carbonyl (C=O) groups excluding carboxylic acids is 1. The Morgan fingerprint density at radius 1 is 1.21 bits per heavy atom. The average molecular weight is 334 g/mol. The van der Waals surface area contributed by atoms with Crippen LogP contribution in [0.3, 0.4) is 0 Å². The molecule has 1 spiro atoms. The summed E-state index contributed by atoms with van der Waals surface area (Å²) in [7, 11) is 0. The number of ether oxygens (including phenoxy) is 1. The molecule has 1 saturated carbocycles. The molecule has 1 unspecified atom stereocenters. The summed E-state index contributed by atoms with van der Waals surface area (Å²) in [6.45, 7) is 10.3.